The fraction of sp³-hybridized carbons (Fsp3) is 0.100. The molecule has 2 aromatic carbocycles. The first-order valence-corrected chi connectivity index (χ1v) is 7.94. The van der Waals surface area contributed by atoms with Crippen LogP contribution in [0.3, 0.4) is 0 Å². The highest BCUT2D eigenvalue weighted by Gasteiger charge is 2.15. The highest BCUT2D eigenvalue weighted by atomic mass is 16.6. The Morgan fingerprint density at radius 3 is 2.38 bits per heavy atom. The summed E-state index contributed by atoms with van der Waals surface area (Å²) in [6.45, 7) is 3.98. The van der Waals surface area contributed by atoms with Crippen molar-refractivity contribution < 1.29 is 4.92 Å². The molecule has 2 N–H and O–H groups in total. The number of aromatic nitrogens is 1. The van der Waals surface area contributed by atoms with Crippen molar-refractivity contribution in [1.29, 1.82) is 5.26 Å². The van der Waals surface area contributed by atoms with Crippen LogP contribution in [0.4, 0.5) is 11.5 Å². The predicted octanol–water partition coefficient (Wildman–Crippen LogP) is 4.39. The van der Waals surface area contributed by atoms with Crippen molar-refractivity contribution in [3.8, 4) is 28.5 Å². The summed E-state index contributed by atoms with van der Waals surface area (Å²) in [5.41, 5.74) is 11.3. The van der Waals surface area contributed by atoms with Gasteiger partial charge in [0, 0.05) is 23.3 Å². The van der Waals surface area contributed by atoms with Crippen LogP contribution in [-0.4, -0.2) is 9.91 Å². The zero-order chi connectivity index (χ0) is 18.8. The number of benzene rings is 2. The molecule has 0 amide bonds. The van der Waals surface area contributed by atoms with Gasteiger partial charge in [-0.2, -0.15) is 5.26 Å². The third kappa shape index (κ3) is 3.10. The van der Waals surface area contributed by atoms with Gasteiger partial charge in [0.05, 0.1) is 10.6 Å². The van der Waals surface area contributed by atoms with Crippen molar-refractivity contribution in [1.82, 2.24) is 4.98 Å². The standard InChI is InChI=1S/C20H16N4O2/c1-12-3-4-13(2)16(9-12)19-10-17(18(11-21)20(22)23-19)14-5-7-15(8-6-14)24(25)26/h3-10H,1-2H3,(H2,22,23). The van der Waals surface area contributed by atoms with Gasteiger partial charge in [-0.3, -0.25) is 10.1 Å². The molecule has 0 saturated carbocycles. The highest BCUT2D eigenvalue weighted by Crippen LogP contribution is 2.33. The number of non-ortho nitro benzene ring substituents is 1. The van der Waals surface area contributed by atoms with E-state index in [4.69, 9.17) is 5.73 Å². The van der Waals surface area contributed by atoms with Crippen LogP contribution >= 0.6 is 0 Å². The normalized spacial score (nSPS) is 10.3. The number of nitro groups is 1. The van der Waals surface area contributed by atoms with Crippen LogP contribution in [0.15, 0.2) is 48.5 Å². The Hall–Kier alpha value is -3.72. The summed E-state index contributed by atoms with van der Waals surface area (Å²) < 4.78 is 0. The van der Waals surface area contributed by atoms with Crippen LogP contribution in [-0.2, 0) is 0 Å². The molecule has 0 radical (unpaired) electrons. The minimum atomic E-state index is -0.461. The number of nitrogens with two attached hydrogens (primary N) is 1. The van der Waals surface area contributed by atoms with Gasteiger partial charge in [0.2, 0.25) is 0 Å². The number of nitrogens with zero attached hydrogens (tertiary/aromatic N) is 3. The lowest BCUT2D eigenvalue weighted by Gasteiger charge is -2.12. The quantitative estimate of drug-likeness (QED) is 0.560. The monoisotopic (exact) mass is 344 g/mol. The average Bonchev–Trinajstić information content (AvgIpc) is 2.63. The lowest BCUT2D eigenvalue weighted by Crippen LogP contribution is -2.00. The van der Waals surface area contributed by atoms with Crippen LogP contribution < -0.4 is 5.73 Å². The van der Waals surface area contributed by atoms with Crippen LogP contribution in [0.5, 0.6) is 0 Å². The summed E-state index contributed by atoms with van der Waals surface area (Å²) in [6, 6.07) is 16.0. The number of nitrogen functional groups attached to an aromatic ring is 1. The molecule has 6 nitrogen and oxygen atoms in total. The second-order valence-corrected chi connectivity index (χ2v) is 6.05. The number of hydrogen-bond donors (Lipinski definition) is 1. The maximum Gasteiger partial charge on any atom is 0.269 e. The van der Waals surface area contributed by atoms with Crippen LogP contribution in [0.25, 0.3) is 22.4 Å². The SMILES string of the molecule is Cc1ccc(C)c(-c2cc(-c3ccc([N+](=O)[O-])cc3)c(C#N)c(N)n2)c1. The van der Waals surface area contributed by atoms with Gasteiger partial charge in [-0.1, -0.05) is 17.7 Å². The lowest BCUT2D eigenvalue weighted by atomic mass is 9.96. The van der Waals surface area contributed by atoms with Gasteiger partial charge in [-0.25, -0.2) is 4.98 Å². The molecule has 1 aromatic heterocycles. The van der Waals surface area contributed by atoms with E-state index < -0.39 is 4.92 Å². The number of aryl methyl sites for hydroxylation is 2. The number of nitriles is 1. The molecule has 0 spiro atoms. The van der Waals surface area contributed by atoms with Gasteiger partial charge in [0.25, 0.3) is 5.69 Å². The van der Waals surface area contributed by atoms with E-state index in [2.05, 4.69) is 11.1 Å². The molecule has 0 bridgehead atoms. The van der Waals surface area contributed by atoms with E-state index in [1.165, 1.54) is 12.1 Å². The van der Waals surface area contributed by atoms with Crippen LogP contribution in [0.1, 0.15) is 16.7 Å². The van der Waals surface area contributed by atoms with E-state index in [-0.39, 0.29) is 17.1 Å². The van der Waals surface area contributed by atoms with Crippen molar-refractivity contribution in [2.45, 2.75) is 13.8 Å². The second kappa shape index (κ2) is 6.65. The summed E-state index contributed by atoms with van der Waals surface area (Å²) in [7, 11) is 0. The Morgan fingerprint density at radius 1 is 1.08 bits per heavy atom. The average molecular weight is 344 g/mol. The Morgan fingerprint density at radius 2 is 1.77 bits per heavy atom. The van der Waals surface area contributed by atoms with Gasteiger partial charge in [-0.15, -0.1) is 0 Å². The van der Waals surface area contributed by atoms with Crippen molar-refractivity contribution in [2.75, 3.05) is 5.73 Å². The molecule has 0 aliphatic rings. The topological polar surface area (TPSA) is 106 Å². The Bertz CT molecular complexity index is 1050. The predicted molar refractivity (Wildman–Crippen MR) is 100 cm³/mol. The zero-order valence-corrected chi connectivity index (χ0v) is 14.4. The smallest absolute Gasteiger partial charge is 0.269 e. The van der Waals surface area contributed by atoms with Crippen molar-refractivity contribution >= 4 is 11.5 Å². The van der Waals surface area contributed by atoms with Crippen molar-refractivity contribution in [2.24, 2.45) is 0 Å². The molecule has 1 heterocycles. The van der Waals surface area contributed by atoms with Crippen molar-refractivity contribution in [3.05, 3.63) is 75.3 Å². The number of rotatable bonds is 3. The first-order chi connectivity index (χ1) is 12.4. The zero-order valence-electron chi connectivity index (χ0n) is 14.4. The maximum atomic E-state index is 10.9. The highest BCUT2D eigenvalue weighted by molar-refractivity contribution is 5.81. The van der Waals surface area contributed by atoms with E-state index in [9.17, 15) is 15.4 Å². The second-order valence-electron chi connectivity index (χ2n) is 6.05. The molecule has 26 heavy (non-hydrogen) atoms. The molecular weight excluding hydrogens is 328 g/mol. The fourth-order valence-electron chi connectivity index (χ4n) is 2.82. The van der Waals surface area contributed by atoms with Gasteiger partial charge < -0.3 is 5.73 Å². The molecule has 0 aliphatic heterocycles. The number of anilines is 1. The number of nitro benzene ring substituents is 1. The molecule has 0 unspecified atom stereocenters. The van der Waals surface area contributed by atoms with Gasteiger partial charge >= 0.3 is 0 Å². The summed E-state index contributed by atoms with van der Waals surface area (Å²) in [4.78, 5) is 14.8. The Balaban J connectivity index is 2.21. The van der Waals surface area contributed by atoms with E-state index in [1.54, 1.807) is 18.2 Å². The minimum Gasteiger partial charge on any atom is -0.383 e. The van der Waals surface area contributed by atoms with E-state index in [0.29, 0.717) is 16.8 Å². The first kappa shape index (κ1) is 17.1. The number of hydrogen-bond acceptors (Lipinski definition) is 5. The Kier molecular flexibility index (Phi) is 4.38. The molecule has 128 valence electrons. The van der Waals surface area contributed by atoms with E-state index >= 15 is 0 Å². The molecular formula is C20H16N4O2. The number of pyridine rings is 1. The summed E-state index contributed by atoms with van der Waals surface area (Å²) in [5.74, 6) is 0.138. The third-order valence-electron chi connectivity index (χ3n) is 4.22. The van der Waals surface area contributed by atoms with Crippen LogP contribution in [0.2, 0.25) is 0 Å². The Labute approximate surface area is 150 Å². The van der Waals surface area contributed by atoms with E-state index in [1.807, 2.05) is 32.0 Å². The largest absolute Gasteiger partial charge is 0.383 e. The van der Waals surface area contributed by atoms with Crippen LogP contribution in [0, 0.1) is 35.3 Å². The minimum absolute atomic E-state index is 0.0102. The lowest BCUT2D eigenvalue weighted by molar-refractivity contribution is -0.384. The molecule has 0 atom stereocenters. The fourth-order valence-corrected chi connectivity index (χ4v) is 2.82. The maximum absolute atomic E-state index is 10.9. The molecule has 0 fully saturated rings. The molecule has 0 saturated heterocycles. The summed E-state index contributed by atoms with van der Waals surface area (Å²) in [6.07, 6.45) is 0. The first-order valence-electron chi connectivity index (χ1n) is 7.94. The third-order valence-corrected chi connectivity index (χ3v) is 4.22. The van der Waals surface area contributed by atoms with Gasteiger partial charge in [-0.05, 0) is 49.2 Å². The van der Waals surface area contributed by atoms with Crippen molar-refractivity contribution in [3.63, 3.8) is 0 Å². The van der Waals surface area contributed by atoms with Gasteiger partial charge in [0.1, 0.15) is 17.5 Å². The molecule has 3 aromatic rings. The molecule has 6 heteroatoms. The molecule has 3 rings (SSSR count). The van der Waals surface area contributed by atoms with Gasteiger partial charge in [0.15, 0.2) is 0 Å². The van der Waals surface area contributed by atoms with E-state index in [0.717, 1.165) is 16.7 Å². The summed E-state index contributed by atoms with van der Waals surface area (Å²) >= 11 is 0. The summed E-state index contributed by atoms with van der Waals surface area (Å²) in [5, 5.41) is 20.3. The molecule has 0 aliphatic carbocycles.